The average Bonchev–Trinajstić information content (AvgIpc) is 3.40. The fraction of sp³-hybridized carbons (Fsp3) is 0.308. The van der Waals surface area contributed by atoms with E-state index in [0.29, 0.717) is 22.0 Å². The van der Waals surface area contributed by atoms with Crippen LogP contribution in [0.3, 0.4) is 0 Å². The highest BCUT2D eigenvalue weighted by Gasteiger charge is 2.33. The molecule has 3 aromatic heterocycles. The molecule has 3 nitrogen and oxygen atoms in total. The molecule has 2 N–H and O–H groups in total. The summed E-state index contributed by atoms with van der Waals surface area (Å²) in [5, 5.41) is 2.96. The Morgan fingerprint density at radius 2 is 1.94 bits per heavy atom. The van der Waals surface area contributed by atoms with Gasteiger partial charge in [0.1, 0.15) is 15.5 Å². The molecule has 1 aromatic carbocycles. The first kappa shape index (κ1) is 21.3. The molecule has 0 aliphatic heterocycles. The number of nitrogens with two attached hydrogens (primary N) is 1. The van der Waals surface area contributed by atoms with Crippen LogP contribution in [0.25, 0.3) is 20.7 Å². The van der Waals surface area contributed by atoms with Gasteiger partial charge in [-0.05, 0) is 71.9 Å². The van der Waals surface area contributed by atoms with Crippen molar-refractivity contribution < 1.29 is 9.18 Å². The van der Waals surface area contributed by atoms with Crippen molar-refractivity contribution in [1.82, 2.24) is 4.98 Å². The van der Waals surface area contributed by atoms with E-state index in [1.807, 2.05) is 6.07 Å². The van der Waals surface area contributed by atoms with Crippen molar-refractivity contribution in [2.75, 3.05) is 5.73 Å². The number of nitrogen functional groups attached to an aromatic ring is 1. The van der Waals surface area contributed by atoms with Crippen LogP contribution < -0.4 is 5.73 Å². The first-order chi connectivity index (χ1) is 15.2. The molecule has 1 aliphatic rings. The monoisotopic (exact) mass is 464 g/mol. The molecule has 1 unspecified atom stereocenters. The number of benzene rings is 1. The number of nitrogens with zero attached hydrogens (tertiary/aromatic N) is 1. The second-order valence-corrected chi connectivity index (χ2v) is 11.5. The Morgan fingerprint density at radius 1 is 1.19 bits per heavy atom. The number of rotatable bonds is 3. The highest BCUT2D eigenvalue weighted by atomic mass is 32.1. The third-order valence-corrected chi connectivity index (χ3v) is 8.54. The van der Waals surface area contributed by atoms with Gasteiger partial charge in [-0.1, -0.05) is 26.8 Å². The summed E-state index contributed by atoms with van der Waals surface area (Å²) in [6.07, 6.45) is 3.02. The Hall–Kier alpha value is -2.57. The van der Waals surface area contributed by atoms with Crippen LogP contribution in [0.1, 0.15) is 53.7 Å². The van der Waals surface area contributed by atoms with Crippen molar-refractivity contribution in [2.24, 2.45) is 11.3 Å². The summed E-state index contributed by atoms with van der Waals surface area (Å²) in [6, 6.07) is 9.79. The third-order valence-electron chi connectivity index (χ3n) is 6.55. The Labute approximate surface area is 195 Å². The molecule has 0 saturated heterocycles. The van der Waals surface area contributed by atoms with Crippen LogP contribution >= 0.6 is 22.7 Å². The Morgan fingerprint density at radius 3 is 2.59 bits per heavy atom. The van der Waals surface area contributed by atoms with E-state index in [1.165, 1.54) is 41.2 Å². The molecule has 0 radical (unpaired) electrons. The van der Waals surface area contributed by atoms with Gasteiger partial charge in [0.05, 0.1) is 5.69 Å². The van der Waals surface area contributed by atoms with Gasteiger partial charge < -0.3 is 5.73 Å². The zero-order valence-corrected chi connectivity index (χ0v) is 20.0. The van der Waals surface area contributed by atoms with Crippen LogP contribution in [0, 0.1) is 17.2 Å². The maximum atomic E-state index is 13.4. The van der Waals surface area contributed by atoms with E-state index in [0.717, 1.165) is 45.6 Å². The molecule has 6 heteroatoms. The van der Waals surface area contributed by atoms with E-state index < -0.39 is 0 Å². The first-order valence-electron chi connectivity index (χ1n) is 10.8. The number of ketones is 1. The van der Waals surface area contributed by atoms with Crippen LogP contribution in [0.5, 0.6) is 0 Å². The van der Waals surface area contributed by atoms with Crippen molar-refractivity contribution >= 4 is 44.4 Å². The lowest BCUT2D eigenvalue weighted by Crippen LogP contribution is -2.27. The fourth-order valence-electron chi connectivity index (χ4n) is 4.66. The van der Waals surface area contributed by atoms with E-state index in [-0.39, 0.29) is 17.0 Å². The smallest absolute Gasteiger partial charge is 0.205 e. The molecule has 3 heterocycles. The normalized spacial score (nSPS) is 16.3. The lowest BCUT2D eigenvalue weighted by Gasteiger charge is -2.35. The van der Waals surface area contributed by atoms with Gasteiger partial charge in [0.2, 0.25) is 5.78 Å². The van der Waals surface area contributed by atoms with Crippen LogP contribution in [0.4, 0.5) is 10.1 Å². The molecular weight excluding hydrogens is 439 g/mol. The van der Waals surface area contributed by atoms with E-state index in [9.17, 15) is 9.18 Å². The molecule has 5 rings (SSSR count). The van der Waals surface area contributed by atoms with E-state index in [1.54, 1.807) is 11.3 Å². The molecule has 32 heavy (non-hydrogen) atoms. The molecule has 164 valence electrons. The molecule has 0 saturated carbocycles. The van der Waals surface area contributed by atoms with Gasteiger partial charge in [-0.2, -0.15) is 0 Å². The molecule has 4 aromatic rings. The largest absolute Gasteiger partial charge is 0.397 e. The number of halogens is 1. The highest BCUT2D eigenvalue weighted by molar-refractivity contribution is 7.21. The zero-order valence-electron chi connectivity index (χ0n) is 18.4. The van der Waals surface area contributed by atoms with Crippen LogP contribution in [-0.4, -0.2) is 10.8 Å². The van der Waals surface area contributed by atoms with Gasteiger partial charge in [0.25, 0.3) is 0 Å². The summed E-state index contributed by atoms with van der Waals surface area (Å²) in [5.41, 5.74) is 11.3. The quantitative estimate of drug-likeness (QED) is 0.328. The van der Waals surface area contributed by atoms with Gasteiger partial charge in [-0.3, -0.25) is 4.79 Å². The molecule has 0 spiro atoms. The van der Waals surface area contributed by atoms with Crippen molar-refractivity contribution in [3.8, 4) is 10.4 Å². The minimum atomic E-state index is -0.367. The van der Waals surface area contributed by atoms with E-state index >= 15 is 0 Å². The number of carbonyl (C=O) groups excluding carboxylic acids is 1. The summed E-state index contributed by atoms with van der Waals surface area (Å²) in [4.78, 5) is 20.7. The van der Waals surface area contributed by atoms with Crippen LogP contribution in [0.2, 0.25) is 0 Å². The first-order valence-corrected chi connectivity index (χ1v) is 12.5. The predicted octanol–water partition coefficient (Wildman–Crippen LogP) is 7.13. The molecule has 0 amide bonds. The molecular formula is C26H25FN2OS2. The van der Waals surface area contributed by atoms with Crippen molar-refractivity contribution in [1.29, 1.82) is 0 Å². The minimum absolute atomic E-state index is 0.187. The lowest BCUT2D eigenvalue weighted by atomic mass is 9.71. The predicted molar refractivity (Wildman–Crippen MR) is 132 cm³/mol. The van der Waals surface area contributed by atoms with Gasteiger partial charge in [-0.15, -0.1) is 22.7 Å². The van der Waals surface area contributed by atoms with Crippen molar-refractivity contribution in [3.05, 3.63) is 69.3 Å². The summed E-state index contributed by atoms with van der Waals surface area (Å²) in [7, 11) is 0. The second kappa shape index (κ2) is 7.78. The SMILES string of the molecule is CC(C)(C)C1CCc2c(nc3sc(C(=O)c4ccc(F)cc4)c(N)c3c2-c2cccs2)C1. The minimum Gasteiger partial charge on any atom is -0.397 e. The van der Waals surface area contributed by atoms with Gasteiger partial charge in [0.15, 0.2) is 0 Å². The maximum Gasteiger partial charge on any atom is 0.205 e. The van der Waals surface area contributed by atoms with Gasteiger partial charge in [-0.25, -0.2) is 9.37 Å². The number of thiophene rings is 2. The van der Waals surface area contributed by atoms with Crippen LogP contribution in [0.15, 0.2) is 41.8 Å². The van der Waals surface area contributed by atoms with Gasteiger partial charge >= 0.3 is 0 Å². The number of pyridine rings is 1. The standard InChI is InChI=1S/C26H25FN2OS2/c1-26(2,3)15-8-11-17-18(13-15)29-25-21(20(17)19-5-4-12-31-19)22(28)24(32-25)23(30)14-6-9-16(27)10-7-14/h4-7,9-10,12,15H,8,11,13,28H2,1-3H3. The Balaban J connectivity index is 1.71. The fourth-order valence-corrected chi connectivity index (χ4v) is 6.55. The Bertz CT molecular complexity index is 1320. The topological polar surface area (TPSA) is 56.0 Å². The van der Waals surface area contributed by atoms with Crippen LogP contribution in [-0.2, 0) is 12.8 Å². The summed E-state index contributed by atoms with van der Waals surface area (Å²) in [5.74, 6) is 0.00974. The maximum absolute atomic E-state index is 13.4. The van der Waals surface area contributed by atoms with Gasteiger partial charge in [0, 0.05) is 27.1 Å². The highest BCUT2D eigenvalue weighted by Crippen LogP contribution is 2.47. The summed E-state index contributed by atoms with van der Waals surface area (Å²) < 4.78 is 13.4. The number of anilines is 1. The van der Waals surface area contributed by atoms with E-state index in [2.05, 4.69) is 32.2 Å². The van der Waals surface area contributed by atoms with Crippen molar-refractivity contribution in [2.45, 2.75) is 40.0 Å². The summed E-state index contributed by atoms with van der Waals surface area (Å²) in [6.45, 7) is 6.89. The molecule has 1 aliphatic carbocycles. The number of hydrogen-bond donors (Lipinski definition) is 1. The number of carbonyl (C=O) groups is 1. The summed E-state index contributed by atoms with van der Waals surface area (Å²) >= 11 is 3.04. The molecule has 0 fully saturated rings. The van der Waals surface area contributed by atoms with Crippen molar-refractivity contribution in [3.63, 3.8) is 0 Å². The average molecular weight is 465 g/mol. The lowest BCUT2D eigenvalue weighted by molar-refractivity contribution is 0.104. The Kier molecular flexibility index (Phi) is 5.18. The zero-order chi connectivity index (χ0) is 22.6. The number of aromatic nitrogens is 1. The van der Waals surface area contributed by atoms with E-state index in [4.69, 9.17) is 10.7 Å². The second-order valence-electron chi connectivity index (χ2n) is 9.56. The third kappa shape index (κ3) is 3.55. The molecule has 0 bridgehead atoms. The number of hydrogen-bond acceptors (Lipinski definition) is 5. The number of fused-ring (bicyclic) bond motifs is 2. The molecule has 1 atom stereocenters.